The minimum atomic E-state index is 0.370. The first-order valence-corrected chi connectivity index (χ1v) is 6.13. The van der Waals surface area contributed by atoms with E-state index in [1.807, 2.05) is 38.1 Å². The third-order valence-corrected chi connectivity index (χ3v) is 2.99. The topological polar surface area (TPSA) is 54.4 Å². The number of phenols is 1. The average molecular weight is 258 g/mol. The molecule has 0 bridgehead atoms. The maximum atomic E-state index is 9.73. The second kappa shape index (κ2) is 5.61. The summed E-state index contributed by atoms with van der Waals surface area (Å²) < 4.78 is 5.01. The Morgan fingerprint density at radius 2 is 1.89 bits per heavy atom. The van der Waals surface area contributed by atoms with E-state index in [0.717, 1.165) is 22.4 Å². The third-order valence-electron chi connectivity index (χ3n) is 2.99. The van der Waals surface area contributed by atoms with E-state index in [4.69, 9.17) is 4.74 Å². The van der Waals surface area contributed by atoms with Gasteiger partial charge in [0, 0.05) is 12.6 Å². The first kappa shape index (κ1) is 13.2. The molecule has 0 saturated carbocycles. The number of pyridine rings is 1. The first-order chi connectivity index (χ1) is 9.10. The highest BCUT2D eigenvalue weighted by Crippen LogP contribution is 2.23. The van der Waals surface area contributed by atoms with Crippen LogP contribution in [0.15, 0.2) is 30.5 Å². The Bertz CT molecular complexity index is 542. The Morgan fingerprint density at radius 1 is 1.21 bits per heavy atom. The lowest BCUT2D eigenvalue weighted by molar-refractivity contribution is 0.398. The maximum absolute atomic E-state index is 9.73. The van der Waals surface area contributed by atoms with Crippen molar-refractivity contribution in [2.24, 2.45) is 0 Å². The monoisotopic (exact) mass is 258 g/mol. The molecule has 0 spiro atoms. The molecule has 0 radical (unpaired) electrons. The number of ether oxygens (including phenoxy) is 1. The van der Waals surface area contributed by atoms with Crippen molar-refractivity contribution >= 4 is 5.69 Å². The Hall–Kier alpha value is -2.23. The summed E-state index contributed by atoms with van der Waals surface area (Å²) >= 11 is 0. The normalized spacial score (nSPS) is 10.3. The second-order valence-corrected chi connectivity index (χ2v) is 4.52. The molecule has 4 nitrogen and oxygen atoms in total. The van der Waals surface area contributed by atoms with E-state index in [-0.39, 0.29) is 0 Å². The van der Waals surface area contributed by atoms with Crippen LogP contribution in [0, 0.1) is 13.8 Å². The molecule has 0 aliphatic carbocycles. The van der Waals surface area contributed by atoms with Crippen molar-refractivity contribution in [3.63, 3.8) is 0 Å². The van der Waals surface area contributed by atoms with Gasteiger partial charge in [0.25, 0.3) is 0 Å². The van der Waals surface area contributed by atoms with Crippen molar-refractivity contribution in [1.82, 2.24) is 4.98 Å². The van der Waals surface area contributed by atoms with Gasteiger partial charge in [-0.25, -0.2) is 4.98 Å². The predicted octanol–water partition coefficient (Wildman–Crippen LogP) is 3.02. The lowest BCUT2D eigenvalue weighted by atomic mass is 10.1. The first-order valence-electron chi connectivity index (χ1n) is 6.13. The number of hydrogen-bond acceptors (Lipinski definition) is 4. The van der Waals surface area contributed by atoms with Crippen molar-refractivity contribution in [2.75, 3.05) is 12.4 Å². The van der Waals surface area contributed by atoms with Gasteiger partial charge in [-0.05, 0) is 36.6 Å². The van der Waals surface area contributed by atoms with E-state index in [1.165, 1.54) is 0 Å². The standard InChI is InChI=1S/C15H18N2O2/c1-10-6-12(7-11(2)15(10)18)8-16-13-4-5-14(19-3)17-9-13/h4-7,9,16,18H,8H2,1-3H3. The molecule has 19 heavy (non-hydrogen) atoms. The molecule has 0 aliphatic rings. The molecule has 2 aromatic rings. The fourth-order valence-corrected chi connectivity index (χ4v) is 1.96. The number of methoxy groups -OCH3 is 1. The number of phenolic OH excluding ortho intramolecular Hbond substituents is 1. The lowest BCUT2D eigenvalue weighted by Gasteiger charge is -2.10. The molecule has 100 valence electrons. The van der Waals surface area contributed by atoms with Gasteiger partial charge in [0.2, 0.25) is 5.88 Å². The maximum Gasteiger partial charge on any atom is 0.213 e. The smallest absolute Gasteiger partial charge is 0.213 e. The molecule has 4 heteroatoms. The highest BCUT2D eigenvalue weighted by atomic mass is 16.5. The molecular weight excluding hydrogens is 240 g/mol. The molecule has 0 amide bonds. The van der Waals surface area contributed by atoms with Crippen LogP contribution < -0.4 is 10.1 Å². The van der Waals surface area contributed by atoms with Crippen molar-refractivity contribution in [1.29, 1.82) is 0 Å². The number of nitrogens with one attached hydrogen (secondary N) is 1. The zero-order chi connectivity index (χ0) is 13.8. The SMILES string of the molecule is COc1ccc(NCc2cc(C)c(O)c(C)c2)cn1. The average Bonchev–Trinajstić information content (AvgIpc) is 2.43. The van der Waals surface area contributed by atoms with Gasteiger partial charge in [-0.3, -0.25) is 0 Å². The Kier molecular flexibility index (Phi) is 3.90. The molecule has 0 unspecified atom stereocenters. The quantitative estimate of drug-likeness (QED) is 0.885. The summed E-state index contributed by atoms with van der Waals surface area (Å²) in [4.78, 5) is 4.13. The Labute approximate surface area is 113 Å². The van der Waals surface area contributed by atoms with Gasteiger partial charge in [0.05, 0.1) is 19.0 Å². The van der Waals surface area contributed by atoms with E-state index in [1.54, 1.807) is 13.3 Å². The van der Waals surface area contributed by atoms with Crippen LogP contribution in [0.25, 0.3) is 0 Å². The summed E-state index contributed by atoms with van der Waals surface area (Å²) in [6.07, 6.45) is 1.74. The number of nitrogens with zero attached hydrogens (tertiary/aromatic N) is 1. The summed E-state index contributed by atoms with van der Waals surface area (Å²) in [7, 11) is 1.59. The fraction of sp³-hybridized carbons (Fsp3) is 0.267. The van der Waals surface area contributed by atoms with Crippen molar-refractivity contribution in [3.8, 4) is 11.6 Å². The summed E-state index contributed by atoms with van der Waals surface area (Å²) in [5.41, 5.74) is 3.85. The molecule has 1 aromatic heterocycles. The van der Waals surface area contributed by atoms with Crippen LogP contribution in [0.5, 0.6) is 11.6 Å². The molecule has 0 fully saturated rings. The van der Waals surface area contributed by atoms with Crippen LogP contribution in [-0.2, 0) is 6.54 Å². The third kappa shape index (κ3) is 3.16. The van der Waals surface area contributed by atoms with Crippen LogP contribution in [0.1, 0.15) is 16.7 Å². The summed E-state index contributed by atoms with van der Waals surface area (Å²) in [5, 5.41) is 13.0. The molecular formula is C15H18N2O2. The van der Waals surface area contributed by atoms with Crippen LogP contribution >= 0.6 is 0 Å². The lowest BCUT2D eigenvalue weighted by Crippen LogP contribution is -2.01. The number of hydrogen-bond donors (Lipinski definition) is 2. The number of aryl methyl sites for hydroxylation is 2. The zero-order valence-electron chi connectivity index (χ0n) is 11.4. The van der Waals surface area contributed by atoms with Crippen LogP contribution in [-0.4, -0.2) is 17.2 Å². The van der Waals surface area contributed by atoms with Gasteiger partial charge in [0.15, 0.2) is 0 Å². The Balaban J connectivity index is 2.05. The predicted molar refractivity (Wildman–Crippen MR) is 75.7 cm³/mol. The van der Waals surface area contributed by atoms with Crippen LogP contribution in [0.3, 0.4) is 0 Å². The molecule has 0 atom stereocenters. The number of benzene rings is 1. The molecule has 0 aliphatic heterocycles. The highest BCUT2D eigenvalue weighted by Gasteiger charge is 2.03. The number of rotatable bonds is 4. The van der Waals surface area contributed by atoms with E-state index in [0.29, 0.717) is 18.2 Å². The number of aromatic hydroxyl groups is 1. The number of anilines is 1. The van der Waals surface area contributed by atoms with E-state index in [2.05, 4.69) is 10.3 Å². The molecule has 1 heterocycles. The van der Waals surface area contributed by atoms with E-state index in [9.17, 15) is 5.11 Å². The molecule has 0 saturated heterocycles. The summed E-state index contributed by atoms with van der Waals surface area (Å²) in [5.74, 6) is 0.969. The van der Waals surface area contributed by atoms with Gasteiger partial charge in [-0.15, -0.1) is 0 Å². The van der Waals surface area contributed by atoms with Gasteiger partial charge in [0.1, 0.15) is 5.75 Å². The zero-order valence-corrected chi connectivity index (χ0v) is 11.4. The van der Waals surface area contributed by atoms with E-state index < -0.39 is 0 Å². The highest BCUT2D eigenvalue weighted by molar-refractivity contribution is 5.46. The minimum absolute atomic E-state index is 0.370. The van der Waals surface area contributed by atoms with Crippen LogP contribution in [0.2, 0.25) is 0 Å². The van der Waals surface area contributed by atoms with Crippen LogP contribution in [0.4, 0.5) is 5.69 Å². The Morgan fingerprint density at radius 3 is 2.42 bits per heavy atom. The molecule has 2 N–H and O–H groups in total. The van der Waals surface area contributed by atoms with Crippen molar-refractivity contribution < 1.29 is 9.84 Å². The van der Waals surface area contributed by atoms with Gasteiger partial charge in [-0.1, -0.05) is 12.1 Å². The van der Waals surface area contributed by atoms with Crippen molar-refractivity contribution in [2.45, 2.75) is 20.4 Å². The second-order valence-electron chi connectivity index (χ2n) is 4.52. The van der Waals surface area contributed by atoms with Crippen molar-refractivity contribution in [3.05, 3.63) is 47.2 Å². The van der Waals surface area contributed by atoms with Gasteiger partial charge >= 0.3 is 0 Å². The molecule has 1 aromatic carbocycles. The van der Waals surface area contributed by atoms with E-state index >= 15 is 0 Å². The molecule has 2 rings (SSSR count). The number of aromatic nitrogens is 1. The summed E-state index contributed by atoms with van der Waals surface area (Å²) in [6.45, 7) is 4.50. The van der Waals surface area contributed by atoms with Gasteiger partial charge < -0.3 is 15.2 Å². The largest absolute Gasteiger partial charge is 0.507 e. The fourth-order valence-electron chi connectivity index (χ4n) is 1.96. The summed E-state index contributed by atoms with van der Waals surface area (Å²) in [6, 6.07) is 7.69. The van der Waals surface area contributed by atoms with Gasteiger partial charge in [-0.2, -0.15) is 0 Å². The minimum Gasteiger partial charge on any atom is -0.507 e.